The van der Waals surface area contributed by atoms with Gasteiger partial charge in [-0.15, -0.1) is 0 Å². The fraction of sp³-hybridized carbons (Fsp3) is 0.200. The van der Waals surface area contributed by atoms with Crippen LogP contribution in [0.15, 0.2) is 47.0 Å². The summed E-state index contributed by atoms with van der Waals surface area (Å²) in [5.41, 5.74) is 5.32. The minimum atomic E-state index is -1.21. The Morgan fingerprint density at radius 1 is 1.14 bits per heavy atom. The molecule has 0 spiro atoms. The van der Waals surface area contributed by atoms with Gasteiger partial charge in [-0.25, -0.2) is 8.78 Å². The zero-order valence-electron chi connectivity index (χ0n) is 15.1. The molecule has 3 rings (SSSR count). The Balaban J connectivity index is 1.69. The molecule has 2 N–H and O–H groups in total. The number of amides is 1. The van der Waals surface area contributed by atoms with Crippen LogP contribution in [0.4, 0.5) is 8.78 Å². The number of hydrogen-bond donors (Lipinski definition) is 1. The average molecular weight is 388 g/mol. The second-order valence-corrected chi connectivity index (χ2v) is 5.94. The van der Waals surface area contributed by atoms with Crippen molar-refractivity contribution >= 4 is 5.91 Å². The van der Waals surface area contributed by atoms with Gasteiger partial charge in [0.25, 0.3) is 5.91 Å². The molecular formula is C20H18F2N2O4. The molecule has 0 saturated carbocycles. The maximum atomic E-state index is 14.2. The first-order chi connectivity index (χ1) is 13.5. The molecule has 1 aromatic heterocycles. The highest BCUT2D eigenvalue weighted by Crippen LogP contribution is 2.26. The molecule has 1 amide bonds. The second kappa shape index (κ2) is 8.51. The van der Waals surface area contributed by atoms with E-state index in [1.54, 1.807) is 6.07 Å². The second-order valence-electron chi connectivity index (χ2n) is 5.94. The summed E-state index contributed by atoms with van der Waals surface area (Å²) in [7, 11) is 0. The molecule has 28 heavy (non-hydrogen) atoms. The number of ether oxygens (including phenoxy) is 2. The van der Waals surface area contributed by atoms with E-state index in [4.69, 9.17) is 19.7 Å². The summed E-state index contributed by atoms with van der Waals surface area (Å²) < 4.78 is 43.7. The zero-order valence-corrected chi connectivity index (χ0v) is 15.1. The van der Waals surface area contributed by atoms with Gasteiger partial charge >= 0.3 is 0 Å². The molecule has 0 unspecified atom stereocenters. The molecule has 0 aliphatic heterocycles. The Hall–Kier alpha value is -3.42. The van der Waals surface area contributed by atoms with Crippen molar-refractivity contribution in [2.75, 3.05) is 6.61 Å². The monoisotopic (exact) mass is 388 g/mol. The van der Waals surface area contributed by atoms with Gasteiger partial charge in [0.15, 0.2) is 17.3 Å². The molecule has 1 heterocycles. The summed E-state index contributed by atoms with van der Waals surface area (Å²) in [4.78, 5) is 11.2. The first kappa shape index (κ1) is 19.3. The van der Waals surface area contributed by atoms with Crippen molar-refractivity contribution in [2.45, 2.75) is 20.0 Å². The molecule has 0 saturated heterocycles. The van der Waals surface area contributed by atoms with Crippen LogP contribution in [0.3, 0.4) is 0 Å². The van der Waals surface area contributed by atoms with E-state index < -0.39 is 23.1 Å². The lowest BCUT2D eigenvalue weighted by Gasteiger charge is -2.08. The number of nitrogens with two attached hydrogens (primary N) is 1. The first-order valence-corrected chi connectivity index (χ1v) is 8.59. The number of hydrogen-bond acceptors (Lipinski definition) is 5. The van der Waals surface area contributed by atoms with Gasteiger partial charge in [0.2, 0.25) is 0 Å². The molecule has 6 nitrogen and oxygen atoms in total. The number of primary amides is 1. The lowest BCUT2D eigenvalue weighted by Crippen LogP contribution is -2.16. The lowest BCUT2D eigenvalue weighted by molar-refractivity contribution is 0.0991. The molecule has 0 fully saturated rings. The molecule has 0 aliphatic carbocycles. The van der Waals surface area contributed by atoms with Crippen LogP contribution in [0.5, 0.6) is 11.5 Å². The largest absolute Gasteiger partial charge is 0.494 e. The fourth-order valence-corrected chi connectivity index (χ4v) is 2.47. The third-order valence-corrected chi connectivity index (χ3v) is 3.85. The van der Waals surface area contributed by atoms with E-state index in [0.717, 1.165) is 29.9 Å². The number of halogens is 2. The number of benzene rings is 2. The SMILES string of the molecule is CCCOc1ccc(-c2cc(COc3ccc(F)c(C(N)=O)c3F)no2)cc1. The van der Waals surface area contributed by atoms with Gasteiger partial charge < -0.3 is 19.7 Å². The summed E-state index contributed by atoms with van der Waals surface area (Å²) in [5, 5.41) is 3.87. The van der Waals surface area contributed by atoms with Crippen LogP contribution in [0.1, 0.15) is 29.4 Å². The summed E-state index contributed by atoms with van der Waals surface area (Å²) >= 11 is 0. The number of rotatable bonds is 8. The van der Waals surface area contributed by atoms with E-state index in [0.29, 0.717) is 18.1 Å². The zero-order chi connectivity index (χ0) is 20.1. The van der Waals surface area contributed by atoms with Crippen molar-refractivity contribution in [2.24, 2.45) is 5.73 Å². The van der Waals surface area contributed by atoms with Gasteiger partial charge in [0.05, 0.1) is 6.61 Å². The molecule has 0 atom stereocenters. The number of carbonyl (C=O) groups is 1. The predicted octanol–water partition coefficient (Wildman–Crippen LogP) is 4.09. The first-order valence-electron chi connectivity index (χ1n) is 8.59. The van der Waals surface area contributed by atoms with Crippen molar-refractivity contribution in [3.63, 3.8) is 0 Å². The van der Waals surface area contributed by atoms with E-state index in [1.165, 1.54) is 0 Å². The number of aromatic nitrogens is 1. The van der Waals surface area contributed by atoms with Gasteiger partial charge in [0, 0.05) is 11.6 Å². The molecule has 146 valence electrons. The van der Waals surface area contributed by atoms with Crippen molar-refractivity contribution < 1.29 is 27.6 Å². The van der Waals surface area contributed by atoms with E-state index in [9.17, 15) is 13.6 Å². The minimum Gasteiger partial charge on any atom is -0.494 e. The van der Waals surface area contributed by atoms with E-state index in [1.807, 2.05) is 31.2 Å². The molecule has 0 radical (unpaired) electrons. The quantitative estimate of drug-likeness (QED) is 0.628. The Labute approximate surface area is 159 Å². The van der Waals surface area contributed by atoms with Crippen molar-refractivity contribution in [1.29, 1.82) is 0 Å². The van der Waals surface area contributed by atoms with E-state index in [-0.39, 0.29) is 12.4 Å². The Kier molecular flexibility index (Phi) is 5.88. The standard InChI is InChI=1S/C20H18F2N2O4/c1-2-9-26-14-5-3-12(4-6-14)17-10-13(24-28-17)11-27-16-8-7-15(21)18(19(16)22)20(23)25/h3-8,10H,2,9,11H2,1H3,(H2,23,25). The van der Waals surface area contributed by atoms with Crippen molar-refractivity contribution in [1.82, 2.24) is 5.16 Å². The lowest BCUT2D eigenvalue weighted by atomic mass is 10.1. The molecule has 3 aromatic rings. The van der Waals surface area contributed by atoms with Crippen LogP contribution in [0.2, 0.25) is 0 Å². The van der Waals surface area contributed by atoms with Crippen LogP contribution in [-0.2, 0) is 6.61 Å². The fourth-order valence-electron chi connectivity index (χ4n) is 2.47. The highest BCUT2D eigenvalue weighted by Gasteiger charge is 2.19. The maximum Gasteiger partial charge on any atom is 0.254 e. The van der Waals surface area contributed by atoms with E-state index >= 15 is 0 Å². The van der Waals surface area contributed by atoms with Crippen molar-refractivity contribution in [3.05, 3.63) is 65.4 Å². The summed E-state index contributed by atoms with van der Waals surface area (Å²) in [6.45, 7) is 2.53. The predicted molar refractivity (Wildman–Crippen MR) is 96.9 cm³/mol. The van der Waals surface area contributed by atoms with Gasteiger partial charge in [-0.05, 0) is 42.8 Å². The smallest absolute Gasteiger partial charge is 0.254 e. The Morgan fingerprint density at radius 2 is 1.89 bits per heavy atom. The highest BCUT2D eigenvalue weighted by molar-refractivity contribution is 5.93. The Bertz CT molecular complexity index is 971. The van der Waals surface area contributed by atoms with Gasteiger partial charge in [-0.2, -0.15) is 0 Å². The van der Waals surface area contributed by atoms with E-state index in [2.05, 4.69) is 5.16 Å². The number of carbonyl (C=O) groups excluding carboxylic acids is 1. The third-order valence-electron chi connectivity index (χ3n) is 3.85. The third kappa shape index (κ3) is 4.28. The van der Waals surface area contributed by atoms with Crippen molar-refractivity contribution in [3.8, 4) is 22.8 Å². The molecular weight excluding hydrogens is 370 g/mol. The Morgan fingerprint density at radius 3 is 2.57 bits per heavy atom. The van der Waals surface area contributed by atoms with Gasteiger partial charge in [-0.3, -0.25) is 4.79 Å². The molecule has 0 aliphatic rings. The summed E-state index contributed by atoms with van der Waals surface area (Å²) in [6.07, 6.45) is 0.919. The maximum absolute atomic E-state index is 14.2. The molecule has 2 aromatic carbocycles. The van der Waals surface area contributed by atoms with Crippen LogP contribution in [-0.4, -0.2) is 17.7 Å². The average Bonchev–Trinajstić information content (AvgIpc) is 3.15. The van der Waals surface area contributed by atoms with Crippen LogP contribution >= 0.6 is 0 Å². The highest BCUT2D eigenvalue weighted by atomic mass is 19.1. The van der Waals surface area contributed by atoms with Gasteiger partial charge in [0.1, 0.15) is 29.4 Å². The van der Waals surface area contributed by atoms with Crippen LogP contribution < -0.4 is 15.2 Å². The number of nitrogens with zero attached hydrogens (tertiary/aromatic N) is 1. The minimum absolute atomic E-state index is 0.137. The van der Waals surface area contributed by atoms with Gasteiger partial charge in [-0.1, -0.05) is 12.1 Å². The normalized spacial score (nSPS) is 10.7. The summed E-state index contributed by atoms with van der Waals surface area (Å²) in [5.74, 6) is -2.47. The molecule has 0 bridgehead atoms. The summed E-state index contributed by atoms with van der Waals surface area (Å²) in [6, 6.07) is 10.9. The van der Waals surface area contributed by atoms with Crippen LogP contribution in [0.25, 0.3) is 11.3 Å². The van der Waals surface area contributed by atoms with Crippen LogP contribution in [0, 0.1) is 11.6 Å². The molecule has 8 heteroatoms. The topological polar surface area (TPSA) is 87.6 Å².